The summed E-state index contributed by atoms with van der Waals surface area (Å²) in [5, 5.41) is 0.577. The van der Waals surface area contributed by atoms with Crippen LogP contribution in [0.15, 0.2) is 30.3 Å². The molecule has 0 fully saturated rings. The number of nitrogens with two attached hydrogens (primary N) is 1. The summed E-state index contributed by atoms with van der Waals surface area (Å²) in [7, 11) is 0. The number of anilines is 1. The van der Waals surface area contributed by atoms with Crippen LogP contribution in [0, 0.1) is 0 Å². The molecule has 0 saturated heterocycles. The Morgan fingerprint density at radius 2 is 1.96 bits per heavy atom. The number of nitrogens with zero attached hydrogens (tertiary/aromatic N) is 1. The molecule has 0 saturated carbocycles. The molecule has 3 rings (SSSR count). The van der Waals surface area contributed by atoms with Gasteiger partial charge >= 0.3 is 5.97 Å². The average molecular weight is 359 g/mol. The first kappa shape index (κ1) is 18.0. The molecular weight excluding hydrogens is 332 g/mol. The number of rotatable bonds is 3. The number of hydrogen-bond acceptors (Lipinski definition) is 5. The van der Waals surface area contributed by atoms with Crippen LogP contribution in [-0.2, 0) is 17.7 Å². The Morgan fingerprint density at radius 3 is 2.60 bits per heavy atom. The standard InChI is InChI=1S/C20H26N2O2S/c1-13(14-8-6-5-7-9-14)22-11-10-15-16(12-22)25-18(21)17(15)19(23)24-20(2,3)4/h5-9,13H,10-12,21H2,1-4H3. The smallest absolute Gasteiger partial charge is 0.341 e. The van der Waals surface area contributed by atoms with Gasteiger partial charge in [-0.2, -0.15) is 0 Å². The fourth-order valence-corrected chi connectivity index (χ4v) is 4.40. The summed E-state index contributed by atoms with van der Waals surface area (Å²) in [6.07, 6.45) is 0.828. The highest BCUT2D eigenvalue weighted by Crippen LogP contribution is 2.38. The SMILES string of the molecule is CC(c1ccccc1)N1CCc2c(sc(N)c2C(=O)OC(C)(C)C)C1. The van der Waals surface area contributed by atoms with Gasteiger partial charge in [-0.15, -0.1) is 11.3 Å². The van der Waals surface area contributed by atoms with Crippen molar-refractivity contribution in [2.75, 3.05) is 12.3 Å². The van der Waals surface area contributed by atoms with Crippen LogP contribution >= 0.6 is 11.3 Å². The number of carbonyl (C=O) groups is 1. The minimum atomic E-state index is -0.513. The lowest BCUT2D eigenvalue weighted by Gasteiger charge is -2.33. The highest BCUT2D eigenvalue weighted by molar-refractivity contribution is 7.16. The van der Waals surface area contributed by atoms with Gasteiger partial charge in [0.1, 0.15) is 10.6 Å². The number of hydrogen-bond donors (Lipinski definition) is 1. The average Bonchev–Trinajstić information content (AvgIpc) is 2.88. The second kappa shape index (κ2) is 6.81. The monoisotopic (exact) mass is 358 g/mol. The minimum Gasteiger partial charge on any atom is -0.456 e. The van der Waals surface area contributed by atoms with Crippen LogP contribution in [0.3, 0.4) is 0 Å². The number of benzene rings is 1. The maximum absolute atomic E-state index is 12.5. The summed E-state index contributed by atoms with van der Waals surface area (Å²) in [4.78, 5) is 16.2. The highest BCUT2D eigenvalue weighted by atomic mass is 32.1. The van der Waals surface area contributed by atoms with E-state index in [0.717, 1.165) is 25.1 Å². The van der Waals surface area contributed by atoms with E-state index < -0.39 is 5.60 Å². The van der Waals surface area contributed by atoms with Crippen LogP contribution in [0.25, 0.3) is 0 Å². The van der Waals surface area contributed by atoms with Crippen LogP contribution in [0.1, 0.15) is 60.1 Å². The molecule has 1 atom stereocenters. The number of fused-ring (bicyclic) bond motifs is 1. The number of thiophene rings is 1. The third kappa shape index (κ3) is 3.88. The van der Waals surface area contributed by atoms with Crippen molar-refractivity contribution in [1.29, 1.82) is 0 Å². The molecule has 0 amide bonds. The van der Waals surface area contributed by atoms with Crippen LogP contribution < -0.4 is 5.73 Å². The van der Waals surface area contributed by atoms with Gasteiger partial charge < -0.3 is 10.5 Å². The number of nitrogen functional groups attached to an aromatic ring is 1. The molecule has 2 heterocycles. The third-order valence-corrected chi connectivity index (χ3v) is 5.59. The highest BCUT2D eigenvalue weighted by Gasteiger charge is 2.31. The lowest BCUT2D eigenvalue weighted by Crippen LogP contribution is -2.33. The zero-order valence-electron chi connectivity index (χ0n) is 15.3. The summed E-state index contributed by atoms with van der Waals surface area (Å²) in [6.45, 7) is 9.60. The van der Waals surface area contributed by atoms with Crippen molar-refractivity contribution in [2.24, 2.45) is 0 Å². The van der Waals surface area contributed by atoms with Crippen molar-refractivity contribution in [2.45, 2.75) is 52.3 Å². The molecule has 1 aliphatic heterocycles. The Balaban J connectivity index is 1.81. The number of carbonyl (C=O) groups excluding carboxylic acids is 1. The first-order valence-electron chi connectivity index (χ1n) is 8.68. The van der Waals surface area contributed by atoms with Crippen molar-refractivity contribution < 1.29 is 9.53 Å². The van der Waals surface area contributed by atoms with E-state index in [1.807, 2.05) is 26.8 Å². The van der Waals surface area contributed by atoms with E-state index in [2.05, 4.69) is 36.1 Å². The normalized spacial score (nSPS) is 16.3. The molecule has 2 N–H and O–H groups in total. The molecule has 134 valence electrons. The van der Waals surface area contributed by atoms with Crippen LogP contribution in [-0.4, -0.2) is 23.0 Å². The molecule has 1 aromatic heterocycles. The predicted molar refractivity (Wildman–Crippen MR) is 103 cm³/mol. The lowest BCUT2D eigenvalue weighted by molar-refractivity contribution is 0.00694. The van der Waals surface area contributed by atoms with Gasteiger partial charge in [0.05, 0.1) is 5.56 Å². The van der Waals surface area contributed by atoms with Gasteiger partial charge in [0.25, 0.3) is 0 Å². The summed E-state index contributed by atoms with van der Waals surface area (Å²) in [6, 6.07) is 10.8. The lowest BCUT2D eigenvalue weighted by atomic mass is 9.99. The Hall–Kier alpha value is -1.85. The minimum absolute atomic E-state index is 0.299. The molecule has 2 aromatic rings. The summed E-state index contributed by atoms with van der Waals surface area (Å²) < 4.78 is 5.55. The molecule has 0 spiro atoms. The molecule has 25 heavy (non-hydrogen) atoms. The van der Waals surface area contributed by atoms with Crippen LogP contribution in [0.4, 0.5) is 5.00 Å². The zero-order chi connectivity index (χ0) is 18.2. The second-order valence-corrected chi connectivity index (χ2v) is 8.69. The van der Waals surface area contributed by atoms with Crippen LogP contribution in [0.5, 0.6) is 0 Å². The van der Waals surface area contributed by atoms with Crippen molar-refractivity contribution in [3.8, 4) is 0 Å². The number of esters is 1. The Bertz CT molecular complexity index is 762. The largest absolute Gasteiger partial charge is 0.456 e. The molecule has 0 aliphatic carbocycles. The molecule has 1 aliphatic rings. The third-order valence-electron chi connectivity index (χ3n) is 4.55. The van der Waals surface area contributed by atoms with Gasteiger partial charge in [-0.3, -0.25) is 4.90 Å². The van der Waals surface area contributed by atoms with Crippen LogP contribution in [0.2, 0.25) is 0 Å². The van der Waals surface area contributed by atoms with E-state index in [-0.39, 0.29) is 5.97 Å². The van der Waals surface area contributed by atoms with Gasteiger partial charge in [-0.05, 0) is 45.2 Å². The van der Waals surface area contributed by atoms with Crippen molar-refractivity contribution in [3.05, 3.63) is 51.9 Å². The fraction of sp³-hybridized carbons (Fsp3) is 0.450. The van der Waals surface area contributed by atoms with E-state index in [9.17, 15) is 4.79 Å². The number of ether oxygens (including phenoxy) is 1. The summed E-state index contributed by atoms with van der Waals surface area (Å²) in [5.74, 6) is -0.299. The van der Waals surface area contributed by atoms with E-state index in [1.54, 1.807) is 0 Å². The Morgan fingerprint density at radius 1 is 1.28 bits per heavy atom. The van der Waals surface area contributed by atoms with E-state index in [0.29, 0.717) is 16.6 Å². The van der Waals surface area contributed by atoms with Gasteiger partial charge in [0.2, 0.25) is 0 Å². The van der Waals surface area contributed by atoms with Crippen molar-refractivity contribution >= 4 is 22.3 Å². The molecule has 1 aromatic carbocycles. The Kier molecular flexibility index (Phi) is 4.89. The van der Waals surface area contributed by atoms with Gasteiger partial charge in [0, 0.05) is 24.0 Å². The quantitative estimate of drug-likeness (QED) is 0.826. The molecule has 0 radical (unpaired) electrons. The molecule has 5 heteroatoms. The molecular formula is C20H26N2O2S. The zero-order valence-corrected chi connectivity index (χ0v) is 16.2. The summed E-state index contributed by atoms with van der Waals surface area (Å²) in [5.41, 5.74) is 8.63. The molecule has 0 bridgehead atoms. The van der Waals surface area contributed by atoms with Gasteiger partial charge in [-0.25, -0.2) is 4.79 Å². The maximum atomic E-state index is 12.5. The molecule has 4 nitrogen and oxygen atoms in total. The Labute approximate surface area is 153 Å². The van der Waals surface area contributed by atoms with E-state index >= 15 is 0 Å². The first-order chi connectivity index (χ1) is 11.8. The summed E-state index contributed by atoms with van der Waals surface area (Å²) >= 11 is 1.52. The van der Waals surface area contributed by atoms with E-state index in [4.69, 9.17) is 10.5 Å². The maximum Gasteiger partial charge on any atom is 0.341 e. The topological polar surface area (TPSA) is 55.6 Å². The van der Waals surface area contributed by atoms with Crippen molar-refractivity contribution in [3.63, 3.8) is 0 Å². The first-order valence-corrected chi connectivity index (χ1v) is 9.50. The predicted octanol–water partition coefficient (Wildman–Crippen LogP) is 4.40. The van der Waals surface area contributed by atoms with Crippen molar-refractivity contribution in [1.82, 2.24) is 4.90 Å². The van der Waals surface area contributed by atoms with Gasteiger partial charge in [-0.1, -0.05) is 30.3 Å². The van der Waals surface area contributed by atoms with E-state index in [1.165, 1.54) is 21.8 Å². The molecule has 1 unspecified atom stereocenters. The fourth-order valence-electron chi connectivity index (χ4n) is 3.27. The second-order valence-electron chi connectivity index (χ2n) is 7.55. The van der Waals surface area contributed by atoms with Gasteiger partial charge in [0.15, 0.2) is 0 Å².